The zero-order valence-corrected chi connectivity index (χ0v) is 22.9. The maximum absolute atomic E-state index is 5.77. The summed E-state index contributed by atoms with van der Waals surface area (Å²) in [6.45, 7) is 15.3. The van der Waals surface area contributed by atoms with Crippen LogP contribution in [0.2, 0.25) is 0 Å². The molecule has 2 unspecified atom stereocenters. The van der Waals surface area contributed by atoms with Gasteiger partial charge in [0.1, 0.15) is 5.76 Å². The summed E-state index contributed by atoms with van der Waals surface area (Å²) in [7, 11) is 0. The summed E-state index contributed by atoms with van der Waals surface area (Å²) in [5, 5.41) is 3.54. The molecule has 0 saturated carbocycles. The number of oxazole rings is 1. The van der Waals surface area contributed by atoms with E-state index in [1.165, 1.54) is 19.3 Å². The molecule has 1 N–H and O–H groups in total. The van der Waals surface area contributed by atoms with E-state index in [2.05, 4.69) is 49.7 Å². The van der Waals surface area contributed by atoms with E-state index in [-0.39, 0.29) is 24.0 Å². The lowest BCUT2D eigenvalue weighted by molar-refractivity contribution is 0.165. The Morgan fingerprint density at radius 1 is 1.21 bits per heavy atom. The van der Waals surface area contributed by atoms with Crippen LogP contribution in [0.25, 0.3) is 0 Å². The Bertz CT molecular complexity index is 854. The van der Waals surface area contributed by atoms with E-state index in [1.807, 2.05) is 26.4 Å². The minimum absolute atomic E-state index is 0. The Labute approximate surface area is 215 Å². The van der Waals surface area contributed by atoms with Crippen LogP contribution in [0.4, 0.5) is 0 Å². The van der Waals surface area contributed by atoms with Gasteiger partial charge in [0.25, 0.3) is 0 Å². The van der Waals surface area contributed by atoms with Crippen LogP contribution in [0.5, 0.6) is 0 Å². The van der Waals surface area contributed by atoms with Gasteiger partial charge in [0.05, 0.1) is 24.6 Å². The standard InChI is InChI=1S/C24H39N7O.HI/c1-5-26-24(30-12-6-18(2)22(15-30)31-13-9-25-17-31)27-14-21-7-10-29(11-8-21)16-23-28-19(3)20(4)32-23;/h9,13,17-18,21-22H,5-8,10-12,14-16H2,1-4H3,(H,26,27);1H. The number of aliphatic imine (C=N–C) groups is 1. The lowest BCUT2D eigenvalue weighted by atomic mass is 9.93. The SMILES string of the molecule is CCNC(=NCC1CCN(Cc2nc(C)c(C)o2)CC1)N1CCC(C)C(n2ccnc2)C1.I. The second-order valence-electron chi connectivity index (χ2n) is 9.45. The van der Waals surface area contributed by atoms with Gasteiger partial charge in [0.15, 0.2) is 5.96 Å². The van der Waals surface area contributed by atoms with Crippen LogP contribution in [0.3, 0.4) is 0 Å². The lowest BCUT2D eigenvalue weighted by Crippen LogP contribution is -2.49. The highest BCUT2D eigenvalue weighted by Crippen LogP contribution is 2.27. The molecule has 33 heavy (non-hydrogen) atoms. The molecule has 8 nitrogen and oxygen atoms in total. The van der Waals surface area contributed by atoms with Crippen molar-refractivity contribution >= 4 is 29.9 Å². The number of rotatable bonds is 6. The van der Waals surface area contributed by atoms with Gasteiger partial charge in [-0.2, -0.15) is 0 Å². The summed E-state index contributed by atoms with van der Waals surface area (Å²) >= 11 is 0. The quantitative estimate of drug-likeness (QED) is 0.324. The number of imidazole rings is 1. The van der Waals surface area contributed by atoms with Crippen LogP contribution >= 0.6 is 24.0 Å². The zero-order chi connectivity index (χ0) is 22.5. The largest absolute Gasteiger partial charge is 0.444 e. The summed E-state index contributed by atoms with van der Waals surface area (Å²) in [4.78, 5) is 18.8. The fraction of sp³-hybridized carbons (Fsp3) is 0.708. The second kappa shape index (κ2) is 12.2. The Balaban J connectivity index is 0.00000306. The van der Waals surface area contributed by atoms with Crippen molar-refractivity contribution in [1.29, 1.82) is 0 Å². The smallest absolute Gasteiger partial charge is 0.208 e. The molecule has 2 aliphatic rings. The summed E-state index contributed by atoms with van der Waals surface area (Å²) in [6.07, 6.45) is 9.44. The second-order valence-corrected chi connectivity index (χ2v) is 9.45. The number of guanidine groups is 1. The number of aryl methyl sites for hydroxylation is 2. The number of nitrogens with zero attached hydrogens (tertiary/aromatic N) is 6. The molecule has 4 heterocycles. The van der Waals surface area contributed by atoms with E-state index < -0.39 is 0 Å². The number of hydrogen-bond acceptors (Lipinski definition) is 5. The van der Waals surface area contributed by atoms with E-state index in [4.69, 9.17) is 9.41 Å². The first-order valence-corrected chi connectivity index (χ1v) is 12.2. The first-order valence-electron chi connectivity index (χ1n) is 12.2. The van der Waals surface area contributed by atoms with Gasteiger partial charge in [-0.3, -0.25) is 9.89 Å². The molecular weight excluding hydrogens is 529 g/mol. The van der Waals surface area contributed by atoms with Crippen LogP contribution in [-0.2, 0) is 6.54 Å². The van der Waals surface area contributed by atoms with Crippen molar-refractivity contribution in [3.8, 4) is 0 Å². The maximum Gasteiger partial charge on any atom is 0.208 e. The van der Waals surface area contributed by atoms with Gasteiger partial charge in [-0.1, -0.05) is 6.92 Å². The molecule has 0 bridgehead atoms. The van der Waals surface area contributed by atoms with E-state index >= 15 is 0 Å². The Morgan fingerprint density at radius 2 is 2.00 bits per heavy atom. The Hall–Kier alpha value is -1.62. The fourth-order valence-corrected chi connectivity index (χ4v) is 4.86. The molecular formula is C24H40IN7O. The van der Waals surface area contributed by atoms with Crippen molar-refractivity contribution in [3.63, 3.8) is 0 Å². The molecule has 2 aromatic heterocycles. The molecule has 4 rings (SSSR count). The predicted octanol–water partition coefficient (Wildman–Crippen LogP) is 3.87. The number of likely N-dealkylation sites (tertiary alicyclic amines) is 2. The van der Waals surface area contributed by atoms with Crippen molar-refractivity contribution in [3.05, 3.63) is 36.1 Å². The summed E-state index contributed by atoms with van der Waals surface area (Å²) in [5.74, 6) is 4.13. The normalized spacial score (nSPS) is 22.9. The third-order valence-corrected chi connectivity index (χ3v) is 7.10. The van der Waals surface area contributed by atoms with Gasteiger partial charge < -0.3 is 19.2 Å². The third kappa shape index (κ3) is 6.71. The maximum atomic E-state index is 5.77. The van der Waals surface area contributed by atoms with Crippen LogP contribution < -0.4 is 5.32 Å². The van der Waals surface area contributed by atoms with Crippen molar-refractivity contribution in [2.75, 3.05) is 39.3 Å². The highest BCUT2D eigenvalue weighted by Gasteiger charge is 2.29. The molecule has 0 radical (unpaired) electrons. The molecule has 0 spiro atoms. The van der Waals surface area contributed by atoms with Crippen LogP contribution in [0, 0.1) is 25.7 Å². The van der Waals surface area contributed by atoms with E-state index in [0.29, 0.717) is 17.9 Å². The van der Waals surface area contributed by atoms with Gasteiger partial charge >= 0.3 is 0 Å². The summed E-state index contributed by atoms with van der Waals surface area (Å²) in [6, 6.07) is 0.445. The molecule has 2 atom stereocenters. The van der Waals surface area contributed by atoms with Gasteiger partial charge in [-0.15, -0.1) is 24.0 Å². The lowest BCUT2D eigenvalue weighted by Gasteiger charge is -2.39. The first-order chi connectivity index (χ1) is 15.5. The van der Waals surface area contributed by atoms with Gasteiger partial charge in [0.2, 0.25) is 5.89 Å². The number of halogens is 1. The van der Waals surface area contributed by atoms with Gasteiger partial charge in [-0.05, 0) is 65.0 Å². The van der Waals surface area contributed by atoms with E-state index in [9.17, 15) is 0 Å². The minimum atomic E-state index is 0. The van der Waals surface area contributed by atoms with Crippen molar-refractivity contribution in [2.45, 2.75) is 59.5 Å². The summed E-state index contributed by atoms with van der Waals surface area (Å²) < 4.78 is 8.02. The zero-order valence-electron chi connectivity index (χ0n) is 20.5. The Kier molecular flexibility index (Phi) is 9.60. The van der Waals surface area contributed by atoms with Crippen LogP contribution in [-0.4, -0.2) is 69.6 Å². The predicted molar refractivity (Wildman–Crippen MR) is 142 cm³/mol. The fourth-order valence-electron chi connectivity index (χ4n) is 4.86. The number of nitrogens with one attached hydrogen (secondary N) is 1. The third-order valence-electron chi connectivity index (χ3n) is 7.10. The minimum Gasteiger partial charge on any atom is -0.444 e. The molecule has 9 heteroatoms. The average Bonchev–Trinajstić information content (AvgIpc) is 3.43. The molecule has 2 aliphatic heterocycles. The Morgan fingerprint density at radius 3 is 2.64 bits per heavy atom. The molecule has 2 fully saturated rings. The molecule has 2 aromatic rings. The van der Waals surface area contributed by atoms with Crippen molar-refractivity contribution in [1.82, 2.24) is 29.7 Å². The molecule has 0 amide bonds. The van der Waals surface area contributed by atoms with E-state index in [1.54, 1.807) is 0 Å². The van der Waals surface area contributed by atoms with E-state index in [0.717, 1.165) is 69.1 Å². The van der Waals surface area contributed by atoms with Crippen molar-refractivity contribution < 1.29 is 4.42 Å². The summed E-state index contributed by atoms with van der Waals surface area (Å²) in [5.41, 5.74) is 1.00. The van der Waals surface area contributed by atoms with Crippen LogP contribution in [0.1, 0.15) is 56.5 Å². The van der Waals surface area contributed by atoms with Crippen molar-refractivity contribution in [2.24, 2.45) is 16.8 Å². The topological polar surface area (TPSA) is 74.7 Å². The number of aromatic nitrogens is 3. The number of hydrogen-bond donors (Lipinski definition) is 1. The average molecular weight is 570 g/mol. The molecule has 0 aromatic carbocycles. The number of piperidine rings is 2. The molecule has 0 aliphatic carbocycles. The highest BCUT2D eigenvalue weighted by molar-refractivity contribution is 14.0. The van der Waals surface area contributed by atoms with Gasteiger partial charge in [-0.25, -0.2) is 9.97 Å². The molecule has 2 saturated heterocycles. The first kappa shape index (κ1) is 26.0. The monoisotopic (exact) mass is 569 g/mol. The van der Waals surface area contributed by atoms with Gasteiger partial charge in [0, 0.05) is 38.6 Å². The van der Waals surface area contributed by atoms with Crippen LogP contribution in [0.15, 0.2) is 28.1 Å². The highest BCUT2D eigenvalue weighted by atomic mass is 127. The molecule has 184 valence electrons.